The lowest BCUT2D eigenvalue weighted by Gasteiger charge is -2.34. The van der Waals surface area contributed by atoms with Crippen molar-refractivity contribution in [2.45, 2.75) is 11.8 Å². The summed E-state index contributed by atoms with van der Waals surface area (Å²) in [4.78, 5) is 29.6. The van der Waals surface area contributed by atoms with Crippen LogP contribution in [0.3, 0.4) is 0 Å². The molecule has 0 fully saturated rings. The summed E-state index contributed by atoms with van der Waals surface area (Å²) in [5.74, 6) is 2.02. The highest BCUT2D eigenvalue weighted by atomic mass is 14.9. The quantitative estimate of drug-likeness (QED) is 0.113. The lowest BCUT2D eigenvalue weighted by molar-refractivity contribution is 0.720. The van der Waals surface area contributed by atoms with Crippen molar-refractivity contribution in [3.05, 3.63) is 424 Å². The number of rotatable bonds is 12. The molecule has 0 saturated heterocycles. The van der Waals surface area contributed by atoms with Gasteiger partial charge in [-0.1, -0.05) is 340 Å². The van der Waals surface area contributed by atoms with E-state index in [1.807, 2.05) is 24.5 Å². The van der Waals surface area contributed by atoms with Crippen LogP contribution in [0.4, 0.5) is 0 Å². The van der Waals surface area contributed by atoms with Gasteiger partial charge in [0.25, 0.3) is 0 Å². The monoisotopic (exact) mass is 1430 g/mol. The minimum Gasteiger partial charge on any atom is -0.264 e. The van der Waals surface area contributed by atoms with Gasteiger partial charge in [-0.25, -0.2) is 19.9 Å². The first-order valence-electron chi connectivity index (χ1n) is 38.2. The van der Waals surface area contributed by atoms with Crippen LogP contribution < -0.4 is 0 Å². The van der Waals surface area contributed by atoms with E-state index in [9.17, 15) is 0 Å². The molecule has 6 nitrogen and oxygen atoms in total. The molecule has 21 rings (SSSR count). The Morgan fingerprint density at radius 3 is 1.08 bits per heavy atom. The Morgan fingerprint density at radius 1 is 0.188 bits per heavy atom. The van der Waals surface area contributed by atoms with Gasteiger partial charge in [-0.05, 0) is 181 Å². The SMILES string of the molecule is C1=CC2c3ccccc3-c3ccc(-c4cccc(-c5nc(-c6ccc(-c7cccnc7)cc6)cc(-c6ccc(-c7cccc8ccccc78)cc6)n5)c4)cc3C2C=C1.c1cncc(-c2ccc(-c3cc(-c4ccc(-c5cccc6ccccc56)cc4)nc(-c4cccc(-c5cc6ccccc6c6ccccc56)c4)n3)cc2)c1. The number of nitrogens with zero attached hydrogens (tertiary/aromatic N) is 6. The molecule has 0 saturated carbocycles. The van der Waals surface area contributed by atoms with E-state index in [0.717, 1.165) is 89.5 Å². The highest BCUT2D eigenvalue weighted by molar-refractivity contribution is 6.14. The second-order valence-electron chi connectivity index (χ2n) is 28.8. The van der Waals surface area contributed by atoms with Gasteiger partial charge in [0.1, 0.15) is 0 Å². The lowest BCUT2D eigenvalue weighted by atomic mass is 9.69. The van der Waals surface area contributed by atoms with Crippen molar-refractivity contribution >= 4 is 43.1 Å². The zero-order valence-corrected chi connectivity index (χ0v) is 61.1. The molecule has 2 atom stereocenters. The molecule has 0 spiro atoms. The van der Waals surface area contributed by atoms with E-state index in [-0.39, 0.29) is 0 Å². The molecule has 2 aliphatic carbocycles. The first kappa shape index (κ1) is 66.7. The van der Waals surface area contributed by atoms with Gasteiger partial charge < -0.3 is 0 Å². The third kappa shape index (κ3) is 12.9. The number of hydrogen-bond acceptors (Lipinski definition) is 6. The standard InChI is InChI=1S/C55H37N3.C51H33N3/c1-2-15-45-37(10-1)11-8-20-46(45)38-23-27-40(28-24-38)54-34-53(39-25-21-36(22-26-39)44-14-9-31-56-35-44)57-55(58-54)43-13-7-12-41(32-43)42-29-30-51-49-18-4-3-16-47(49)48-17-5-6-19-50(48)52(51)33-42;1-3-16-43-35(10-1)12-8-20-44(43)36-23-27-38(28-24-36)50-32-49(37-25-21-34(22-26-37)42-15-9-29-52-33-42)53-51(54-50)41-14-7-13-39(30-41)48-31-40-11-2-4-17-45(40)46-18-5-6-19-47(46)48/h1-35,48,50H;1-33H. The minimum absolute atomic E-state index is 0.303. The Labute approximate surface area is 650 Å². The second-order valence-corrected chi connectivity index (χ2v) is 28.8. The molecule has 2 unspecified atom stereocenters. The number of benzene rings is 15. The van der Waals surface area contributed by atoms with Gasteiger partial charge in [-0.15, -0.1) is 0 Å². The first-order chi connectivity index (χ1) is 55.5. The fraction of sp³-hybridized carbons (Fsp3) is 0.0189. The Kier molecular flexibility index (Phi) is 17.3. The van der Waals surface area contributed by atoms with Crippen LogP contribution in [0.25, 0.3) is 189 Å². The summed E-state index contributed by atoms with van der Waals surface area (Å²) in [6.45, 7) is 0. The molecule has 0 amide bonds. The normalized spacial score (nSPS) is 13.3. The van der Waals surface area contributed by atoms with Gasteiger partial charge in [0.05, 0.1) is 22.8 Å². The van der Waals surface area contributed by atoms with E-state index in [4.69, 9.17) is 19.9 Å². The smallest absolute Gasteiger partial charge is 0.160 e. The van der Waals surface area contributed by atoms with E-state index in [2.05, 4.69) is 386 Å². The molecule has 112 heavy (non-hydrogen) atoms. The zero-order chi connectivity index (χ0) is 74.3. The zero-order valence-electron chi connectivity index (χ0n) is 61.1. The van der Waals surface area contributed by atoms with Crippen LogP contribution in [0.2, 0.25) is 0 Å². The van der Waals surface area contributed by atoms with Crippen molar-refractivity contribution in [2.75, 3.05) is 0 Å². The summed E-state index contributed by atoms with van der Waals surface area (Å²) in [6, 6.07) is 130. The molecule has 0 aliphatic heterocycles. The molecule has 4 aromatic heterocycles. The maximum absolute atomic E-state index is 5.26. The molecule has 524 valence electrons. The third-order valence-corrected chi connectivity index (χ3v) is 22.2. The highest BCUT2D eigenvalue weighted by Gasteiger charge is 2.32. The van der Waals surface area contributed by atoms with E-state index in [1.54, 1.807) is 12.4 Å². The Hall–Kier alpha value is -14.7. The predicted octanol–water partition coefficient (Wildman–Crippen LogP) is 27.3. The summed E-state index contributed by atoms with van der Waals surface area (Å²) in [5, 5.41) is 9.91. The average molecular weight is 1430 g/mol. The maximum atomic E-state index is 5.26. The number of aromatic nitrogens is 6. The topological polar surface area (TPSA) is 77.3 Å². The third-order valence-electron chi connectivity index (χ3n) is 22.2. The summed E-state index contributed by atoms with van der Waals surface area (Å²) < 4.78 is 0. The number of pyridine rings is 2. The van der Waals surface area contributed by atoms with Gasteiger partial charge in [0, 0.05) is 70.0 Å². The maximum Gasteiger partial charge on any atom is 0.160 e. The lowest BCUT2D eigenvalue weighted by Crippen LogP contribution is -2.16. The van der Waals surface area contributed by atoms with Crippen molar-refractivity contribution in [1.82, 2.24) is 29.9 Å². The van der Waals surface area contributed by atoms with Crippen molar-refractivity contribution in [2.24, 2.45) is 0 Å². The van der Waals surface area contributed by atoms with Gasteiger partial charge in [0.2, 0.25) is 0 Å². The predicted molar refractivity (Wildman–Crippen MR) is 464 cm³/mol. The van der Waals surface area contributed by atoms with Gasteiger partial charge in [0.15, 0.2) is 11.6 Å². The largest absolute Gasteiger partial charge is 0.264 e. The van der Waals surface area contributed by atoms with Gasteiger partial charge >= 0.3 is 0 Å². The molecule has 0 radical (unpaired) electrons. The van der Waals surface area contributed by atoms with E-state index >= 15 is 0 Å². The number of hydrogen-bond donors (Lipinski definition) is 0. The molecule has 0 N–H and O–H groups in total. The fourth-order valence-electron chi connectivity index (χ4n) is 16.5. The van der Waals surface area contributed by atoms with Crippen LogP contribution >= 0.6 is 0 Å². The Morgan fingerprint density at radius 2 is 0.554 bits per heavy atom. The van der Waals surface area contributed by atoms with Crippen LogP contribution in [-0.4, -0.2) is 29.9 Å². The van der Waals surface area contributed by atoms with E-state index < -0.39 is 0 Å². The molecule has 0 bridgehead atoms. The van der Waals surface area contributed by atoms with Gasteiger partial charge in [-0.2, -0.15) is 0 Å². The van der Waals surface area contributed by atoms with Crippen LogP contribution in [0.15, 0.2) is 413 Å². The van der Waals surface area contributed by atoms with Crippen LogP contribution in [0, 0.1) is 0 Å². The van der Waals surface area contributed by atoms with E-state index in [1.165, 1.54) is 98.7 Å². The summed E-state index contributed by atoms with van der Waals surface area (Å²) in [5.41, 5.74) is 28.8. The summed E-state index contributed by atoms with van der Waals surface area (Å²) >= 11 is 0. The molecule has 15 aromatic carbocycles. The average Bonchev–Trinajstić information content (AvgIpc) is 0.746. The summed E-state index contributed by atoms with van der Waals surface area (Å²) in [7, 11) is 0. The highest BCUT2D eigenvalue weighted by Crippen LogP contribution is 2.51. The number of fused-ring (bicyclic) bond motifs is 11. The van der Waals surface area contributed by atoms with Crippen molar-refractivity contribution in [1.29, 1.82) is 0 Å². The molecule has 19 aromatic rings. The van der Waals surface area contributed by atoms with Crippen LogP contribution in [0.5, 0.6) is 0 Å². The molecular weight excluding hydrogens is 1360 g/mol. The second kappa shape index (κ2) is 29.1. The van der Waals surface area contributed by atoms with Crippen molar-refractivity contribution < 1.29 is 0 Å². The Balaban J connectivity index is 0.000000146. The van der Waals surface area contributed by atoms with Crippen molar-refractivity contribution in [3.8, 4) is 146 Å². The minimum atomic E-state index is 0.303. The van der Waals surface area contributed by atoms with Crippen molar-refractivity contribution in [3.63, 3.8) is 0 Å². The van der Waals surface area contributed by atoms with Crippen LogP contribution in [-0.2, 0) is 0 Å². The Bertz CT molecular complexity index is 6840. The van der Waals surface area contributed by atoms with Gasteiger partial charge in [-0.3, -0.25) is 9.97 Å². The molecular formula is C106H70N6. The molecule has 4 heterocycles. The molecule has 2 aliphatic rings. The van der Waals surface area contributed by atoms with Crippen LogP contribution in [0.1, 0.15) is 23.0 Å². The first-order valence-corrected chi connectivity index (χ1v) is 38.2. The fourth-order valence-corrected chi connectivity index (χ4v) is 16.5. The molecule has 6 heteroatoms. The van der Waals surface area contributed by atoms with E-state index in [0.29, 0.717) is 23.5 Å². The summed E-state index contributed by atoms with van der Waals surface area (Å²) in [6.07, 6.45) is 16.5. The number of allylic oxidation sites excluding steroid dienone is 4.